The molecule has 0 bridgehead atoms. The number of esters is 1. The van der Waals surface area contributed by atoms with Crippen molar-refractivity contribution in [2.24, 2.45) is 5.73 Å². The lowest BCUT2D eigenvalue weighted by molar-refractivity contribution is -0.154. The normalized spacial score (nSPS) is 14.3. The molecule has 0 fully saturated rings. The lowest BCUT2D eigenvalue weighted by Gasteiger charge is -2.20. The van der Waals surface area contributed by atoms with Crippen LogP contribution in [0.2, 0.25) is 0 Å². The molecule has 0 aliphatic heterocycles. The van der Waals surface area contributed by atoms with Crippen molar-refractivity contribution < 1.29 is 32.8 Å². The third-order valence-electron chi connectivity index (χ3n) is 8.34. The second kappa shape index (κ2) is 41.1. The Kier molecular flexibility index (Phi) is 39.5. The Hall–Kier alpha value is -2.06. The number of hydrogen-bond acceptors (Lipinski definition) is 7. The fraction of sp³-hybridized carbons (Fsp3) is 0.705. The highest BCUT2D eigenvalue weighted by molar-refractivity contribution is 7.47. The second-order valence-electron chi connectivity index (χ2n) is 13.5. The maximum absolute atomic E-state index is 12.6. The molecule has 0 rings (SSSR count). The summed E-state index contributed by atoms with van der Waals surface area (Å²) in [4.78, 5) is 22.4. The van der Waals surface area contributed by atoms with E-state index in [9.17, 15) is 14.3 Å². The Balaban J connectivity index is 4.05. The van der Waals surface area contributed by atoms with Crippen LogP contribution in [0.5, 0.6) is 0 Å². The largest absolute Gasteiger partial charge is 0.472 e. The minimum absolute atomic E-state index is 0.0938. The minimum Gasteiger partial charge on any atom is -0.457 e. The third kappa shape index (κ3) is 41.0. The molecule has 0 aliphatic rings. The molecule has 0 amide bonds. The van der Waals surface area contributed by atoms with Gasteiger partial charge in [-0.2, -0.15) is 0 Å². The highest BCUT2D eigenvalue weighted by Gasteiger charge is 2.25. The van der Waals surface area contributed by atoms with Crippen molar-refractivity contribution in [2.75, 3.05) is 33.0 Å². The second-order valence-corrected chi connectivity index (χ2v) is 14.9. The summed E-state index contributed by atoms with van der Waals surface area (Å²) in [6.07, 6.45) is 50.6. The molecule has 0 aliphatic carbocycles. The van der Waals surface area contributed by atoms with Crippen LogP contribution in [0.15, 0.2) is 72.9 Å². The summed E-state index contributed by atoms with van der Waals surface area (Å²) in [6.45, 7) is 4.70. The molecule has 0 saturated heterocycles. The summed E-state index contributed by atoms with van der Waals surface area (Å²) in [5.41, 5.74) is 5.36. The topological polar surface area (TPSA) is 117 Å². The maximum Gasteiger partial charge on any atom is 0.472 e. The third-order valence-corrected chi connectivity index (χ3v) is 9.32. The van der Waals surface area contributed by atoms with Gasteiger partial charge in [-0.25, -0.2) is 4.57 Å². The Bertz CT molecular complexity index is 1040. The van der Waals surface area contributed by atoms with Crippen LogP contribution in [0, 0.1) is 0 Å². The van der Waals surface area contributed by atoms with Crippen LogP contribution in [0.4, 0.5) is 0 Å². The molecule has 53 heavy (non-hydrogen) atoms. The predicted molar refractivity (Wildman–Crippen MR) is 224 cm³/mol. The van der Waals surface area contributed by atoms with Crippen LogP contribution in [-0.2, 0) is 27.9 Å². The summed E-state index contributed by atoms with van der Waals surface area (Å²) in [7, 11) is -4.28. The Morgan fingerprint density at radius 2 is 1.06 bits per heavy atom. The molecular formula is C44H78NO7P. The van der Waals surface area contributed by atoms with E-state index in [1.807, 2.05) is 0 Å². The van der Waals surface area contributed by atoms with Crippen LogP contribution < -0.4 is 5.73 Å². The lowest BCUT2D eigenvalue weighted by atomic mass is 10.1. The average Bonchev–Trinajstić information content (AvgIpc) is 3.15. The van der Waals surface area contributed by atoms with Crippen molar-refractivity contribution in [1.29, 1.82) is 0 Å². The molecule has 9 heteroatoms. The number of allylic oxidation sites excluding steroid dienone is 12. The van der Waals surface area contributed by atoms with E-state index in [2.05, 4.69) is 86.8 Å². The first-order valence-corrected chi connectivity index (χ1v) is 22.4. The van der Waals surface area contributed by atoms with Crippen LogP contribution in [0.25, 0.3) is 0 Å². The van der Waals surface area contributed by atoms with Gasteiger partial charge in [-0.05, 0) is 77.0 Å². The van der Waals surface area contributed by atoms with Crippen LogP contribution >= 0.6 is 7.82 Å². The highest BCUT2D eigenvalue weighted by atomic mass is 31.2. The molecular weight excluding hydrogens is 685 g/mol. The first kappa shape index (κ1) is 50.9. The molecule has 2 unspecified atom stereocenters. The Labute approximate surface area is 325 Å². The summed E-state index contributed by atoms with van der Waals surface area (Å²) in [5.74, 6) is -0.348. The van der Waals surface area contributed by atoms with Gasteiger partial charge < -0.3 is 20.1 Å². The molecule has 0 saturated carbocycles. The number of unbranched alkanes of at least 4 members (excludes halogenated alkanes) is 14. The van der Waals surface area contributed by atoms with Gasteiger partial charge in [0.05, 0.1) is 19.8 Å². The lowest BCUT2D eigenvalue weighted by Crippen LogP contribution is -2.28. The summed E-state index contributed by atoms with van der Waals surface area (Å²) >= 11 is 0. The predicted octanol–water partition coefficient (Wildman–Crippen LogP) is 12.4. The zero-order valence-electron chi connectivity index (χ0n) is 33.7. The summed E-state index contributed by atoms with van der Waals surface area (Å²) < 4.78 is 33.3. The van der Waals surface area contributed by atoms with E-state index in [-0.39, 0.29) is 32.3 Å². The van der Waals surface area contributed by atoms with Crippen molar-refractivity contribution in [2.45, 2.75) is 168 Å². The Morgan fingerprint density at radius 3 is 1.60 bits per heavy atom. The van der Waals surface area contributed by atoms with Gasteiger partial charge in [-0.15, -0.1) is 0 Å². The van der Waals surface area contributed by atoms with Gasteiger partial charge in [0.25, 0.3) is 0 Å². The van der Waals surface area contributed by atoms with E-state index in [0.29, 0.717) is 13.0 Å². The molecule has 0 heterocycles. The Morgan fingerprint density at radius 1 is 0.585 bits per heavy atom. The fourth-order valence-corrected chi connectivity index (χ4v) is 6.08. The van der Waals surface area contributed by atoms with E-state index in [1.165, 1.54) is 57.8 Å². The first-order chi connectivity index (χ1) is 25.9. The monoisotopic (exact) mass is 764 g/mol. The van der Waals surface area contributed by atoms with E-state index in [0.717, 1.165) is 83.5 Å². The number of phosphoric ester groups is 1. The van der Waals surface area contributed by atoms with Gasteiger partial charge in [0.15, 0.2) is 0 Å². The summed E-state index contributed by atoms with van der Waals surface area (Å²) in [5, 5.41) is 0. The molecule has 0 spiro atoms. The number of carbonyl (C=O) groups excluding carboxylic acids is 1. The molecule has 0 aromatic carbocycles. The van der Waals surface area contributed by atoms with Gasteiger partial charge in [0.1, 0.15) is 6.10 Å². The van der Waals surface area contributed by atoms with Crippen molar-refractivity contribution in [3.63, 3.8) is 0 Å². The van der Waals surface area contributed by atoms with Gasteiger partial charge in [-0.1, -0.05) is 151 Å². The molecule has 8 nitrogen and oxygen atoms in total. The van der Waals surface area contributed by atoms with Crippen molar-refractivity contribution >= 4 is 13.8 Å². The van der Waals surface area contributed by atoms with Crippen molar-refractivity contribution in [3.8, 4) is 0 Å². The average molecular weight is 764 g/mol. The zero-order valence-corrected chi connectivity index (χ0v) is 34.6. The number of phosphoric acid groups is 1. The highest BCUT2D eigenvalue weighted by Crippen LogP contribution is 2.43. The smallest absolute Gasteiger partial charge is 0.457 e. The molecule has 306 valence electrons. The molecule has 0 radical (unpaired) electrons. The number of ether oxygens (including phenoxy) is 2. The maximum atomic E-state index is 12.6. The minimum atomic E-state index is -4.28. The number of hydrogen-bond donors (Lipinski definition) is 2. The van der Waals surface area contributed by atoms with E-state index < -0.39 is 13.9 Å². The van der Waals surface area contributed by atoms with E-state index in [1.54, 1.807) is 0 Å². The number of nitrogens with two attached hydrogens (primary N) is 1. The van der Waals surface area contributed by atoms with Gasteiger partial charge in [0.2, 0.25) is 0 Å². The molecule has 2 atom stereocenters. The SMILES string of the molecule is CC/C=C\C/C=C\C/C=C\C/C=C\C/C=C\CCCCCCCCCC(=O)OC(COCCCCCCCC/C=C\CCC)COP(=O)(O)OCCN. The summed E-state index contributed by atoms with van der Waals surface area (Å²) in [6, 6.07) is 0. The van der Waals surface area contributed by atoms with Crippen molar-refractivity contribution in [3.05, 3.63) is 72.9 Å². The van der Waals surface area contributed by atoms with E-state index in [4.69, 9.17) is 24.3 Å². The first-order valence-electron chi connectivity index (χ1n) is 20.9. The molecule has 0 aromatic rings. The quantitative estimate of drug-likeness (QED) is 0.0275. The van der Waals surface area contributed by atoms with Crippen LogP contribution in [-0.4, -0.2) is 49.9 Å². The number of carbonyl (C=O) groups is 1. The molecule has 3 N–H and O–H groups in total. The van der Waals surface area contributed by atoms with Crippen LogP contribution in [0.3, 0.4) is 0 Å². The fourth-order valence-electron chi connectivity index (χ4n) is 5.32. The number of rotatable bonds is 39. The zero-order chi connectivity index (χ0) is 38.8. The van der Waals surface area contributed by atoms with Crippen molar-refractivity contribution in [1.82, 2.24) is 0 Å². The van der Waals surface area contributed by atoms with Gasteiger partial charge >= 0.3 is 13.8 Å². The van der Waals surface area contributed by atoms with Crippen LogP contribution in [0.1, 0.15) is 162 Å². The molecule has 0 aromatic heterocycles. The van der Waals surface area contributed by atoms with Gasteiger partial charge in [-0.3, -0.25) is 13.8 Å². The van der Waals surface area contributed by atoms with Gasteiger partial charge in [0, 0.05) is 19.6 Å². The standard InChI is InChI=1S/C44H78NO7P/c1-3-5-7-9-11-13-15-16-17-18-19-20-21-22-23-24-25-26-27-29-31-33-35-37-44(46)52-43(42-51-53(47,48)50-40-38-45)41-49-39-36-34-32-30-28-14-12-10-8-6-4-2/h5,7-8,10-11,13,16-17,19-20,22-23,43H,3-4,6,9,12,14-15,18,21,24-42,45H2,1-2H3,(H,47,48)/b7-5-,10-8-,13-11-,17-16-,20-19-,23-22-. The van der Waals surface area contributed by atoms with E-state index >= 15 is 0 Å².